The summed E-state index contributed by atoms with van der Waals surface area (Å²) in [5, 5.41) is 12.1. The molecule has 0 radical (unpaired) electrons. The van der Waals surface area contributed by atoms with E-state index in [1.807, 2.05) is 12.1 Å². The normalized spacial score (nSPS) is 24.4. The summed E-state index contributed by atoms with van der Waals surface area (Å²) in [5.74, 6) is 0. The van der Waals surface area contributed by atoms with Gasteiger partial charge in [-0.15, -0.1) is 0 Å². The molecule has 0 bridgehead atoms. The van der Waals surface area contributed by atoms with E-state index in [4.69, 9.17) is 4.43 Å². The lowest BCUT2D eigenvalue weighted by molar-refractivity contribution is -0.00407. The summed E-state index contributed by atoms with van der Waals surface area (Å²) in [5.41, 5.74) is 0. The van der Waals surface area contributed by atoms with Gasteiger partial charge in [0, 0.05) is 12.5 Å². The molecule has 1 N–H and O–H groups in total. The number of alkyl halides is 1. The van der Waals surface area contributed by atoms with E-state index in [1.165, 1.54) is 10.4 Å². The molecule has 4 heteroatoms. The minimum absolute atomic E-state index is 0.114. The molecule has 0 aliphatic heterocycles. The molecule has 0 heterocycles. The first-order valence-electron chi connectivity index (χ1n) is 9.45. The summed E-state index contributed by atoms with van der Waals surface area (Å²) in [7, 11) is -2.64. The molecule has 0 saturated heterocycles. The Hall–Kier alpha value is -1.49. The predicted octanol–water partition coefficient (Wildman–Crippen LogP) is 3.81. The molecule has 1 fully saturated rings. The van der Waals surface area contributed by atoms with Crippen LogP contribution in [0.1, 0.15) is 40.0 Å². The summed E-state index contributed by atoms with van der Waals surface area (Å²) in [6.45, 7) is 6.68. The second-order valence-electron chi connectivity index (χ2n) is 8.30. The first kappa shape index (κ1) is 19.3. The highest BCUT2D eigenvalue weighted by molar-refractivity contribution is 6.99. The molecule has 3 rings (SSSR count). The highest BCUT2D eigenvalue weighted by Gasteiger charge is 2.52. The van der Waals surface area contributed by atoms with Crippen LogP contribution in [0.5, 0.6) is 0 Å². The SMILES string of the molecule is CC(C)(C)[Si](O[C@H]1CC[C@H](O)[C@@H](F)C1)(c1ccccc1)c1ccccc1. The fraction of sp³-hybridized carbons (Fsp3) is 0.455. The molecular formula is C22H29FO2Si. The lowest BCUT2D eigenvalue weighted by Crippen LogP contribution is -2.68. The van der Waals surface area contributed by atoms with Crippen molar-refractivity contribution >= 4 is 18.7 Å². The van der Waals surface area contributed by atoms with E-state index in [-0.39, 0.29) is 17.6 Å². The van der Waals surface area contributed by atoms with Gasteiger partial charge in [0.1, 0.15) is 6.17 Å². The largest absolute Gasteiger partial charge is 0.404 e. The van der Waals surface area contributed by atoms with Crippen LogP contribution in [0.25, 0.3) is 0 Å². The van der Waals surface area contributed by atoms with Gasteiger partial charge in [0.25, 0.3) is 8.32 Å². The Morgan fingerprint density at radius 1 is 0.923 bits per heavy atom. The van der Waals surface area contributed by atoms with Crippen LogP contribution in [0.4, 0.5) is 4.39 Å². The maximum absolute atomic E-state index is 14.2. The number of halogens is 1. The number of hydrogen-bond donors (Lipinski definition) is 1. The minimum Gasteiger partial charge on any atom is -0.404 e. The standard InChI is InChI=1S/C22H29FO2Si/c1-22(2,3)26(18-10-6-4-7-11-18,19-12-8-5-9-13-19)25-17-14-15-21(24)20(23)16-17/h4-13,17,20-21,24H,14-16H2,1-3H3/t17-,20-,21-/m0/s1. The lowest BCUT2D eigenvalue weighted by Gasteiger charge is -2.46. The second-order valence-corrected chi connectivity index (χ2v) is 12.6. The minimum atomic E-state index is -2.64. The first-order valence-corrected chi connectivity index (χ1v) is 11.4. The Morgan fingerprint density at radius 3 is 1.85 bits per heavy atom. The van der Waals surface area contributed by atoms with Gasteiger partial charge >= 0.3 is 0 Å². The maximum atomic E-state index is 14.2. The van der Waals surface area contributed by atoms with Crippen LogP contribution in [-0.2, 0) is 4.43 Å². The van der Waals surface area contributed by atoms with E-state index in [1.54, 1.807) is 0 Å². The first-order chi connectivity index (χ1) is 12.3. The van der Waals surface area contributed by atoms with Crippen molar-refractivity contribution in [1.82, 2.24) is 0 Å². The quantitative estimate of drug-likeness (QED) is 0.827. The number of aliphatic hydroxyl groups excluding tert-OH is 1. The van der Waals surface area contributed by atoms with E-state index in [9.17, 15) is 9.50 Å². The van der Waals surface area contributed by atoms with Crippen LogP contribution in [0.3, 0.4) is 0 Å². The van der Waals surface area contributed by atoms with Gasteiger partial charge in [-0.1, -0.05) is 81.4 Å². The topological polar surface area (TPSA) is 29.5 Å². The Kier molecular flexibility index (Phi) is 5.66. The smallest absolute Gasteiger partial charge is 0.261 e. The summed E-state index contributed by atoms with van der Waals surface area (Å²) >= 11 is 0. The number of aliphatic hydroxyl groups is 1. The van der Waals surface area contributed by atoms with Crippen molar-refractivity contribution in [2.24, 2.45) is 0 Å². The van der Waals surface area contributed by atoms with Crippen molar-refractivity contribution in [2.45, 2.75) is 63.5 Å². The fourth-order valence-electron chi connectivity index (χ4n) is 4.11. The van der Waals surface area contributed by atoms with Crippen molar-refractivity contribution in [3.8, 4) is 0 Å². The van der Waals surface area contributed by atoms with E-state index >= 15 is 0 Å². The Labute approximate surface area is 157 Å². The molecule has 0 spiro atoms. The molecule has 0 amide bonds. The summed E-state index contributed by atoms with van der Waals surface area (Å²) in [4.78, 5) is 0. The van der Waals surface area contributed by atoms with Crippen LogP contribution in [0.2, 0.25) is 5.04 Å². The second kappa shape index (κ2) is 7.63. The highest BCUT2D eigenvalue weighted by Crippen LogP contribution is 2.39. The van der Waals surface area contributed by atoms with E-state index in [2.05, 4.69) is 69.3 Å². The van der Waals surface area contributed by atoms with Crippen LogP contribution in [0, 0.1) is 0 Å². The average Bonchev–Trinajstić information content (AvgIpc) is 2.63. The molecule has 1 saturated carbocycles. The molecule has 26 heavy (non-hydrogen) atoms. The number of rotatable bonds is 4. The lowest BCUT2D eigenvalue weighted by atomic mass is 9.94. The molecule has 2 nitrogen and oxygen atoms in total. The zero-order valence-corrected chi connectivity index (χ0v) is 16.9. The molecule has 3 atom stereocenters. The highest BCUT2D eigenvalue weighted by atomic mass is 28.4. The van der Waals surface area contributed by atoms with E-state index < -0.39 is 20.6 Å². The van der Waals surface area contributed by atoms with Gasteiger partial charge in [-0.2, -0.15) is 0 Å². The predicted molar refractivity (Wildman–Crippen MR) is 107 cm³/mol. The third-order valence-corrected chi connectivity index (χ3v) is 10.5. The van der Waals surface area contributed by atoms with Crippen molar-refractivity contribution in [2.75, 3.05) is 0 Å². The summed E-state index contributed by atoms with van der Waals surface area (Å²) in [6, 6.07) is 20.8. The van der Waals surface area contributed by atoms with Gasteiger partial charge in [-0.05, 0) is 28.3 Å². The molecule has 1 aliphatic carbocycles. The number of benzene rings is 2. The van der Waals surface area contributed by atoms with Crippen molar-refractivity contribution < 1.29 is 13.9 Å². The van der Waals surface area contributed by atoms with Crippen molar-refractivity contribution in [3.05, 3.63) is 60.7 Å². The van der Waals surface area contributed by atoms with Crippen LogP contribution < -0.4 is 10.4 Å². The van der Waals surface area contributed by atoms with Gasteiger partial charge in [-0.3, -0.25) is 0 Å². The maximum Gasteiger partial charge on any atom is 0.261 e. The molecule has 2 aromatic rings. The number of hydrogen-bond acceptors (Lipinski definition) is 2. The van der Waals surface area contributed by atoms with Gasteiger partial charge in [0.15, 0.2) is 0 Å². The molecule has 0 unspecified atom stereocenters. The van der Waals surface area contributed by atoms with Gasteiger partial charge < -0.3 is 9.53 Å². The Morgan fingerprint density at radius 2 is 1.42 bits per heavy atom. The Bertz CT molecular complexity index is 660. The molecule has 140 valence electrons. The summed E-state index contributed by atoms with van der Waals surface area (Å²) < 4.78 is 21.1. The van der Waals surface area contributed by atoms with Gasteiger partial charge in [0.2, 0.25) is 0 Å². The fourth-order valence-corrected chi connectivity index (χ4v) is 8.84. The average molecular weight is 373 g/mol. The molecule has 1 aliphatic rings. The zero-order chi connectivity index (χ0) is 18.8. The van der Waals surface area contributed by atoms with Crippen LogP contribution in [0.15, 0.2) is 60.7 Å². The monoisotopic (exact) mass is 372 g/mol. The van der Waals surface area contributed by atoms with Crippen LogP contribution >= 0.6 is 0 Å². The Balaban J connectivity index is 2.09. The zero-order valence-electron chi connectivity index (χ0n) is 15.9. The summed E-state index contributed by atoms with van der Waals surface area (Å²) in [6.07, 6.45) is -0.789. The molecule has 2 aromatic carbocycles. The van der Waals surface area contributed by atoms with Crippen molar-refractivity contribution in [3.63, 3.8) is 0 Å². The van der Waals surface area contributed by atoms with Gasteiger partial charge in [0.05, 0.1) is 6.10 Å². The van der Waals surface area contributed by atoms with Gasteiger partial charge in [-0.25, -0.2) is 4.39 Å². The molecular weight excluding hydrogens is 343 g/mol. The third-order valence-electron chi connectivity index (χ3n) is 5.45. The van der Waals surface area contributed by atoms with Crippen LogP contribution in [-0.4, -0.2) is 31.8 Å². The third kappa shape index (κ3) is 3.64. The molecule has 0 aromatic heterocycles. The van der Waals surface area contributed by atoms with Crippen molar-refractivity contribution in [1.29, 1.82) is 0 Å². The van der Waals surface area contributed by atoms with E-state index in [0.717, 1.165) is 0 Å². The van der Waals surface area contributed by atoms with E-state index in [0.29, 0.717) is 12.8 Å².